The molecule has 84 valence electrons. The largest absolute Gasteiger partial charge is 0.494 e. The quantitative estimate of drug-likeness (QED) is 0.682. The summed E-state index contributed by atoms with van der Waals surface area (Å²) in [5.74, 6) is 1.73. The van der Waals surface area contributed by atoms with Crippen molar-refractivity contribution in [1.82, 2.24) is 0 Å². The molecule has 1 aromatic carbocycles. The minimum absolute atomic E-state index is 0.712. The number of hydrogen-bond donors (Lipinski definition) is 0. The van der Waals surface area contributed by atoms with Crippen LogP contribution in [0.4, 0.5) is 0 Å². The summed E-state index contributed by atoms with van der Waals surface area (Å²) in [6, 6.07) is 8.44. The van der Waals surface area contributed by atoms with Crippen LogP contribution in [0.5, 0.6) is 5.75 Å². The fourth-order valence-corrected chi connectivity index (χ4v) is 1.49. The molecule has 0 atom stereocenters. The first kappa shape index (κ1) is 12.1. The summed E-state index contributed by atoms with van der Waals surface area (Å²) >= 11 is 0. The summed E-state index contributed by atoms with van der Waals surface area (Å²) in [6.45, 7) is 7.47. The van der Waals surface area contributed by atoms with Gasteiger partial charge in [0.1, 0.15) is 5.75 Å². The first-order valence-corrected chi connectivity index (χ1v) is 5.94. The van der Waals surface area contributed by atoms with E-state index in [-0.39, 0.29) is 0 Å². The minimum Gasteiger partial charge on any atom is -0.494 e. The maximum Gasteiger partial charge on any atom is 0.119 e. The van der Waals surface area contributed by atoms with Gasteiger partial charge in [0, 0.05) is 0 Å². The van der Waals surface area contributed by atoms with Gasteiger partial charge in [0.15, 0.2) is 0 Å². The zero-order chi connectivity index (χ0) is 11.1. The van der Waals surface area contributed by atoms with Gasteiger partial charge in [-0.05, 0) is 36.5 Å². The summed E-state index contributed by atoms with van der Waals surface area (Å²) in [5.41, 5.74) is 1.37. The average Bonchev–Trinajstić information content (AvgIpc) is 2.18. The highest BCUT2D eigenvalue weighted by atomic mass is 16.5. The molecule has 15 heavy (non-hydrogen) atoms. The smallest absolute Gasteiger partial charge is 0.119 e. The van der Waals surface area contributed by atoms with Crippen LogP contribution in [0.1, 0.15) is 39.2 Å². The van der Waals surface area contributed by atoms with Crippen LogP contribution in [-0.2, 0) is 6.42 Å². The molecule has 0 radical (unpaired) electrons. The fraction of sp³-hybridized carbons (Fsp3) is 0.571. The van der Waals surface area contributed by atoms with Gasteiger partial charge >= 0.3 is 0 Å². The summed E-state index contributed by atoms with van der Waals surface area (Å²) in [6.07, 6.45) is 3.45. The lowest BCUT2D eigenvalue weighted by Gasteiger charge is -2.09. The lowest BCUT2D eigenvalue weighted by atomic mass is 10.1. The lowest BCUT2D eigenvalue weighted by molar-refractivity contribution is 0.289. The molecule has 0 amide bonds. The highest BCUT2D eigenvalue weighted by molar-refractivity contribution is 5.28. The third-order valence-corrected chi connectivity index (χ3v) is 2.40. The Bertz CT molecular complexity index is 278. The molecule has 0 fully saturated rings. The molecule has 0 saturated carbocycles. The summed E-state index contributed by atoms with van der Waals surface area (Å²) in [5, 5.41) is 0. The van der Waals surface area contributed by atoms with E-state index >= 15 is 0 Å². The minimum atomic E-state index is 0.712. The predicted octanol–water partition coefficient (Wildman–Crippen LogP) is 4.06. The molecule has 0 spiro atoms. The summed E-state index contributed by atoms with van der Waals surface area (Å²) in [7, 11) is 0. The molecule has 0 bridgehead atoms. The lowest BCUT2D eigenvalue weighted by Crippen LogP contribution is -2.01. The molecular formula is C14H22O. The van der Waals surface area contributed by atoms with Gasteiger partial charge in [-0.3, -0.25) is 0 Å². The highest BCUT2D eigenvalue weighted by Gasteiger charge is 1.98. The van der Waals surface area contributed by atoms with E-state index in [9.17, 15) is 0 Å². The summed E-state index contributed by atoms with van der Waals surface area (Å²) in [4.78, 5) is 0. The van der Waals surface area contributed by atoms with Crippen LogP contribution in [0.15, 0.2) is 24.3 Å². The number of benzene rings is 1. The Morgan fingerprint density at radius 3 is 2.73 bits per heavy atom. The zero-order valence-electron chi connectivity index (χ0n) is 10.1. The van der Waals surface area contributed by atoms with Crippen LogP contribution in [0.25, 0.3) is 0 Å². The van der Waals surface area contributed by atoms with Gasteiger partial charge in [0.25, 0.3) is 0 Å². The SMILES string of the molecule is CCCc1cccc(OCCC(C)C)c1. The van der Waals surface area contributed by atoms with E-state index < -0.39 is 0 Å². The van der Waals surface area contributed by atoms with Gasteiger partial charge in [-0.2, -0.15) is 0 Å². The topological polar surface area (TPSA) is 9.23 Å². The van der Waals surface area contributed by atoms with Crippen LogP contribution < -0.4 is 4.74 Å². The molecule has 0 saturated heterocycles. The second kappa shape index (κ2) is 6.49. The molecule has 0 heterocycles. The molecule has 1 heteroatoms. The molecule has 1 rings (SSSR count). The normalized spacial score (nSPS) is 10.7. The maximum atomic E-state index is 5.70. The number of aryl methyl sites for hydroxylation is 1. The first-order valence-electron chi connectivity index (χ1n) is 5.94. The zero-order valence-corrected chi connectivity index (χ0v) is 10.1. The van der Waals surface area contributed by atoms with Gasteiger partial charge < -0.3 is 4.74 Å². The standard InChI is InChI=1S/C14H22O/c1-4-6-13-7-5-8-14(11-13)15-10-9-12(2)3/h5,7-8,11-12H,4,6,9-10H2,1-3H3. The van der Waals surface area contributed by atoms with Gasteiger partial charge in [-0.15, -0.1) is 0 Å². The van der Waals surface area contributed by atoms with Gasteiger partial charge in [0.2, 0.25) is 0 Å². The summed E-state index contributed by atoms with van der Waals surface area (Å²) < 4.78 is 5.70. The van der Waals surface area contributed by atoms with Gasteiger partial charge in [-0.1, -0.05) is 39.3 Å². The molecule has 1 nitrogen and oxygen atoms in total. The van der Waals surface area contributed by atoms with E-state index in [0.29, 0.717) is 5.92 Å². The van der Waals surface area contributed by atoms with Crippen molar-refractivity contribution >= 4 is 0 Å². The Kier molecular flexibility index (Phi) is 5.23. The van der Waals surface area contributed by atoms with E-state index in [1.165, 1.54) is 12.0 Å². The van der Waals surface area contributed by atoms with Crippen molar-refractivity contribution in [3.05, 3.63) is 29.8 Å². The van der Waals surface area contributed by atoms with Crippen molar-refractivity contribution in [2.75, 3.05) is 6.61 Å². The second-order valence-electron chi connectivity index (χ2n) is 4.43. The Hall–Kier alpha value is -0.980. The van der Waals surface area contributed by atoms with E-state index in [1.54, 1.807) is 0 Å². The fourth-order valence-electron chi connectivity index (χ4n) is 1.49. The van der Waals surface area contributed by atoms with Crippen molar-refractivity contribution in [2.45, 2.75) is 40.0 Å². The Morgan fingerprint density at radius 1 is 1.27 bits per heavy atom. The number of hydrogen-bond acceptors (Lipinski definition) is 1. The number of rotatable bonds is 6. The average molecular weight is 206 g/mol. The van der Waals surface area contributed by atoms with Gasteiger partial charge in [-0.25, -0.2) is 0 Å². The molecule has 0 aliphatic carbocycles. The van der Waals surface area contributed by atoms with E-state index in [0.717, 1.165) is 25.2 Å². The van der Waals surface area contributed by atoms with Crippen LogP contribution in [0.2, 0.25) is 0 Å². The van der Waals surface area contributed by atoms with E-state index in [1.807, 2.05) is 6.07 Å². The maximum absolute atomic E-state index is 5.70. The van der Waals surface area contributed by atoms with Gasteiger partial charge in [0.05, 0.1) is 6.61 Å². The van der Waals surface area contributed by atoms with Crippen LogP contribution in [0.3, 0.4) is 0 Å². The van der Waals surface area contributed by atoms with Crippen LogP contribution in [0, 0.1) is 5.92 Å². The van der Waals surface area contributed by atoms with Crippen LogP contribution in [-0.4, -0.2) is 6.61 Å². The Balaban J connectivity index is 2.43. The molecule has 0 aliphatic rings. The van der Waals surface area contributed by atoms with Crippen molar-refractivity contribution in [1.29, 1.82) is 0 Å². The Morgan fingerprint density at radius 2 is 2.07 bits per heavy atom. The third kappa shape index (κ3) is 4.87. The highest BCUT2D eigenvalue weighted by Crippen LogP contribution is 2.15. The first-order chi connectivity index (χ1) is 7.22. The predicted molar refractivity (Wildman–Crippen MR) is 65.4 cm³/mol. The van der Waals surface area contributed by atoms with Crippen LogP contribution >= 0.6 is 0 Å². The molecular weight excluding hydrogens is 184 g/mol. The van der Waals surface area contributed by atoms with E-state index in [4.69, 9.17) is 4.74 Å². The second-order valence-corrected chi connectivity index (χ2v) is 4.43. The van der Waals surface area contributed by atoms with Crippen molar-refractivity contribution in [3.8, 4) is 5.75 Å². The Labute approximate surface area is 93.5 Å². The molecule has 1 aromatic rings. The third-order valence-electron chi connectivity index (χ3n) is 2.40. The van der Waals surface area contributed by atoms with Crippen molar-refractivity contribution in [3.63, 3.8) is 0 Å². The monoisotopic (exact) mass is 206 g/mol. The number of ether oxygens (including phenoxy) is 1. The molecule has 0 aliphatic heterocycles. The molecule has 0 unspecified atom stereocenters. The molecule has 0 N–H and O–H groups in total. The van der Waals surface area contributed by atoms with Crippen molar-refractivity contribution in [2.24, 2.45) is 5.92 Å². The van der Waals surface area contributed by atoms with E-state index in [2.05, 4.69) is 39.0 Å². The van der Waals surface area contributed by atoms with Crippen molar-refractivity contribution < 1.29 is 4.74 Å². The molecule has 0 aromatic heterocycles.